The number of aromatic nitrogens is 1. The molecule has 0 saturated carbocycles. The molecule has 0 aliphatic carbocycles. The third kappa shape index (κ3) is 3.64. The van der Waals surface area contributed by atoms with E-state index < -0.39 is 17.7 Å². The number of aryl methyl sites for hydroxylation is 1. The summed E-state index contributed by atoms with van der Waals surface area (Å²) in [5.41, 5.74) is 3.55. The molecule has 4 aromatic rings. The fraction of sp³-hybridized carbons (Fsp3) is 0.286. The normalized spacial score (nSPS) is 14.2. The summed E-state index contributed by atoms with van der Waals surface area (Å²) in [6.45, 7) is 7.97. The van der Waals surface area contributed by atoms with Gasteiger partial charge in [0.25, 0.3) is 0 Å². The molecule has 1 aliphatic rings. The van der Waals surface area contributed by atoms with Crippen LogP contribution in [0.15, 0.2) is 54.7 Å². The first-order valence-corrected chi connectivity index (χ1v) is 11.4. The molecule has 1 atom stereocenters. The molecule has 6 heteroatoms. The van der Waals surface area contributed by atoms with Crippen molar-refractivity contribution >= 4 is 27.6 Å². The van der Waals surface area contributed by atoms with E-state index in [4.69, 9.17) is 9.47 Å². The lowest BCUT2D eigenvalue weighted by molar-refractivity contribution is -0.576. The van der Waals surface area contributed by atoms with Crippen molar-refractivity contribution in [3.63, 3.8) is 0 Å². The first kappa shape index (κ1) is 22.2. The van der Waals surface area contributed by atoms with E-state index in [0.29, 0.717) is 41.0 Å². The van der Waals surface area contributed by atoms with E-state index in [-0.39, 0.29) is 0 Å². The molecule has 6 nitrogen and oxygen atoms in total. The molecule has 0 saturated heterocycles. The Kier molecular flexibility index (Phi) is 5.21. The summed E-state index contributed by atoms with van der Waals surface area (Å²) in [6, 6.07) is 15.4. The number of pyridine rings is 1. The van der Waals surface area contributed by atoms with Crippen molar-refractivity contribution in [2.75, 3.05) is 6.61 Å². The number of carbonyl (C=O) groups is 1. The second kappa shape index (κ2) is 7.99. The van der Waals surface area contributed by atoms with Crippen LogP contribution in [0.2, 0.25) is 0 Å². The molecule has 0 amide bonds. The van der Waals surface area contributed by atoms with Crippen molar-refractivity contribution in [1.29, 1.82) is 0 Å². The minimum absolute atomic E-state index is 0.478. The summed E-state index contributed by atoms with van der Waals surface area (Å²) in [4.78, 5) is 12.5. The Bertz CT molecular complexity index is 1440. The number of benzene rings is 3. The molecule has 1 N–H and O–H groups in total. The predicted octanol–water partition coefficient (Wildman–Crippen LogP) is 5.48. The number of hydrogen-bond acceptors (Lipinski definition) is 4. The van der Waals surface area contributed by atoms with Gasteiger partial charge in [-0.2, -0.15) is 4.73 Å². The number of fused-ring (bicyclic) bond motifs is 1. The van der Waals surface area contributed by atoms with Crippen LogP contribution in [0.5, 0.6) is 5.75 Å². The van der Waals surface area contributed by atoms with Crippen LogP contribution in [0.4, 0.5) is 0 Å². The van der Waals surface area contributed by atoms with Crippen molar-refractivity contribution in [3.05, 3.63) is 76.6 Å². The third-order valence-electron chi connectivity index (χ3n) is 6.24. The third-order valence-corrected chi connectivity index (χ3v) is 6.24. The topological polar surface area (TPSA) is 82.7 Å². The molecule has 174 valence electrons. The van der Waals surface area contributed by atoms with Gasteiger partial charge in [-0.05, 0) is 61.7 Å². The Hall–Kier alpha value is -3.64. The highest BCUT2D eigenvalue weighted by Gasteiger charge is 2.33. The summed E-state index contributed by atoms with van der Waals surface area (Å²) < 4.78 is 12.8. The van der Waals surface area contributed by atoms with Gasteiger partial charge >= 0.3 is 5.97 Å². The van der Waals surface area contributed by atoms with Gasteiger partial charge in [-0.3, -0.25) is 0 Å². The molecule has 0 radical (unpaired) electrons. The maximum absolute atomic E-state index is 13.2. The Morgan fingerprint density at radius 1 is 1.18 bits per heavy atom. The lowest BCUT2D eigenvalue weighted by atomic mass is 9.85. The average Bonchev–Trinajstić information content (AvgIpc) is 2.78. The number of hydrogen-bond donors (Lipinski definition) is 1. The molecular weight excluding hydrogens is 430 g/mol. The van der Waals surface area contributed by atoms with Crippen molar-refractivity contribution in [2.24, 2.45) is 0 Å². The molecule has 0 bridgehead atoms. The van der Waals surface area contributed by atoms with Gasteiger partial charge in [0, 0.05) is 23.6 Å². The van der Waals surface area contributed by atoms with Gasteiger partial charge in [-0.15, -0.1) is 0 Å². The van der Waals surface area contributed by atoms with E-state index in [2.05, 4.69) is 0 Å². The van der Waals surface area contributed by atoms with Crippen LogP contribution in [-0.2, 0) is 16.0 Å². The van der Waals surface area contributed by atoms with E-state index in [9.17, 15) is 15.1 Å². The van der Waals surface area contributed by atoms with Crippen molar-refractivity contribution in [1.82, 2.24) is 0 Å². The standard InChI is InChI=1S/C28H27NO5/c1-16-15-18-7-5-6-8-19(18)24(22(16)26(27(30)31)34-28(2,3)4)20-9-10-21-23-17(12-14-33-21)11-13-29(32)25(20)23/h5-11,13,15,26H,12,14H2,1-4H3,(H,30,31)/t26-/m1/s1. The first-order valence-electron chi connectivity index (χ1n) is 11.4. The molecular formula is C28H27NO5. The number of carboxylic acid groups (broad SMARTS) is 1. The molecule has 0 fully saturated rings. The number of carboxylic acids is 1. The van der Waals surface area contributed by atoms with Crippen LogP contribution in [-0.4, -0.2) is 23.3 Å². The maximum atomic E-state index is 13.2. The SMILES string of the molecule is Cc1cc2ccccc2c(-c2ccc3c4c(cc[n+]([O-])c24)CCO3)c1[C@@H](OC(C)(C)C)C(=O)O. The monoisotopic (exact) mass is 457 g/mol. The summed E-state index contributed by atoms with van der Waals surface area (Å²) in [7, 11) is 0. The van der Waals surface area contributed by atoms with Crippen LogP contribution in [0.1, 0.15) is 43.6 Å². The summed E-state index contributed by atoms with van der Waals surface area (Å²) >= 11 is 0. The van der Waals surface area contributed by atoms with Gasteiger partial charge in [-0.1, -0.05) is 30.3 Å². The van der Waals surface area contributed by atoms with E-state index >= 15 is 0 Å². The van der Waals surface area contributed by atoms with Crippen molar-refractivity contribution in [2.45, 2.75) is 45.8 Å². The first-order chi connectivity index (χ1) is 16.2. The number of rotatable bonds is 4. The lowest BCUT2D eigenvalue weighted by Crippen LogP contribution is -2.30. The maximum Gasteiger partial charge on any atom is 0.337 e. The fourth-order valence-electron chi connectivity index (χ4n) is 4.95. The van der Waals surface area contributed by atoms with E-state index in [1.165, 1.54) is 6.20 Å². The van der Waals surface area contributed by atoms with Crippen LogP contribution in [0, 0.1) is 12.1 Å². The number of nitrogens with zero attached hydrogens (tertiary/aromatic N) is 1. The van der Waals surface area contributed by atoms with E-state index in [0.717, 1.165) is 32.0 Å². The molecule has 0 spiro atoms. The van der Waals surface area contributed by atoms with Crippen LogP contribution >= 0.6 is 0 Å². The Morgan fingerprint density at radius 3 is 2.68 bits per heavy atom. The van der Waals surface area contributed by atoms with Crippen molar-refractivity contribution < 1.29 is 24.1 Å². The van der Waals surface area contributed by atoms with Crippen molar-refractivity contribution in [3.8, 4) is 16.9 Å². The van der Waals surface area contributed by atoms with Gasteiger partial charge in [0.05, 0.1) is 23.2 Å². The van der Waals surface area contributed by atoms with Gasteiger partial charge < -0.3 is 19.8 Å². The average molecular weight is 458 g/mol. The highest BCUT2D eigenvalue weighted by Crippen LogP contribution is 2.44. The van der Waals surface area contributed by atoms with Gasteiger partial charge in [0.1, 0.15) is 5.75 Å². The minimum atomic E-state index is -1.21. The fourth-order valence-corrected chi connectivity index (χ4v) is 4.95. The second-order valence-electron chi connectivity index (χ2n) is 9.75. The van der Waals surface area contributed by atoms with Gasteiger partial charge in [0.15, 0.2) is 12.3 Å². The number of ether oxygens (including phenoxy) is 2. The molecule has 34 heavy (non-hydrogen) atoms. The Morgan fingerprint density at radius 2 is 1.94 bits per heavy atom. The molecule has 3 aromatic carbocycles. The Balaban J connectivity index is 1.94. The molecule has 1 aliphatic heterocycles. The molecule has 2 heterocycles. The zero-order chi connectivity index (χ0) is 24.2. The quantitative estimate of drug-likeness (QED) is 0.324. The zero-order valence-corrected chi connectivity index (χ0v) is 19.7. The smallest absolute Gasteiger partial charge is 0.337 e. The molecule has 1 aromatic heterocycles. The lowest BCUT2D eigenvalue weighted by Gasteiger charge is -2.29. The largest absolute Gasteiger partial charge is 0.618 e. The highest BCUT2D eigenvalue weighted by atomic mass is 16.5. The predicted molar refractivity (Wildman–Crippen MR) is 131 cm³/mol. The van der Waals surface area contributed by atoms with Gasteiger partial charge in [-0.25, -0.2) is 4.79 Å². The summed E-state index contributed by atoms with van der Waals surface area (Å²) in [5, 5.41) is 26.1. The second-order valence-corrected chi connectivity index (χ2v) is 9.75. The van der Waals surface area contributed by atoms with Crippen LogP contribution in [0.25, 0.3) is 32.8 Å². The van der Waals surface area contributed by atoms with Gasteiger partial charge in [0.2, 0.25) is 5.52 Å². The minimum Gasteiger partial charge on any atom is -0.618 e. The molecule has 5 rings (SSSR count). The van der Waals surface area contributed by atoms with Crippen LogP contribution < -0.4 is 9.47 Å². The Labute approximate surface area is 197 Å². The number of aliphatic carboxylic acids is 1. The summed E-state index contributed by atoms with van der Waals surface area (Å²) in [5.74, 6) is -0.403. The molecule has 0 unspecified atom stereocenters. The summed E-state index contributed by atoms with van der Waals surface area (Å²) in [6.07, 6.45) is 1.02. The zero-order valence-electron chi connectivity index (χ0n) is 19.7. The highest BCUT2D eigenvalue weighted by molar-refractivity contribution is 6.07. The van der Waals surface area contributed by atoms with E-state index in [1.54, 1.807) is 0 Å². The van der Waals surface area contributed by atoms with E-state index in [1.807, 2.05) is 76.2 Å². The van der Waals surface area contributed by atoms with Crippen LogP contribution in [0.3, 0.4) is 0 Å².